The number of hydrogen-bond donors (Lipinski definition) is 2. The van der Waals surface area contributed by atoms with Crippen molar-refractivity contribution in [3.05, 3.63) is 51.7 Å². The van der Waals surface area contributed by atoms with E-state index in [1.165, 1.54) is 11.3 Å². The zero-order valence-corrected chi connectivity index (χ0v) is 11.0. The Morgan fingerprint density at radius 2 is 2.11 bits per heavy atom. The molecule has 0 saturated carbocycles. The number of carbonyl (C=O) groups is 1. The minimum Gasteiger partial charge on any atom is -0.481 e. The summed E-state index contributed by atoms with van der Waals surface area (Å²) in [5.74, 6) is 1.79. The average Bonchev–Trinajstić information content (AvgIpc) is 2.83. The summed E-state index contributed by atoms with van der Waals surface area (Å²) in [5, 5.41) is 12.0. The molecule has 0 radical (unpaired) electrons. The first-order valence-corrected chi connectivity index (χ1v) is 6.59. The smallest absolute Gasteiger partial charge is 0.308 e. The minimum absolute atomic E-state index is 0.0806. The van der Waals surface area contributed by atoms with Gasteiger partial charge in [-0.25, -0.2) is 0 Å². The fourth-order valence-electron chi connectivity index (χ4n) is 1.67. The number of benzene rings is 1. The van der Waals surface area contributed by atoms with Crippen LogP contribution < -0.4 is 5.32 Å². The van der Waals surface area contributed by atoms with E-state index in [4.69, 9.17) is 11.5 Å². The van der Waals surface area contributed by atoms with E-state index >= 15 is 0 Å². The molecule has 19 heavy (non-hydrogen) atoms. The van der Waals surface area contributed by atoms with Crippen molar-refractivity contribution < 1.29 is 9.90 Å². The third-order valence-corrected chi connectivity index (χ3v) is 3.62. The summed E-state index contributed by atoms with van der Waals surface area (Å²) in [6.07, 6.45) is 5.42. The number of rotatable bonds is 5. The molecule has 0 atom stereocenters. The van der Waals surface area contributed by atoms with E-state index in [2.05, 4.69) is 11.2 Å². The van der Waals surface area contributed by atoms with Crippen LogP contribution in [0.15, 0.2) is 36.4 Å². The van der Waals surface area contributed by atoms with E-state index in [0.29, 0.717) is 6.54 Å². The van der Waals surface area contributed by atoms with Crippen molar-refractivity contribution in [2.24, 2.45) is 0 Å². The standard InChI is InChI=1S/C15H13NO2S/c1-2-11-4-3-5-12(8-11)16-10-14-7-6-13(19-14)9-15(17)18/h1,3-8,16H,9-10H2,(H,17,18). The van der Waals surface area contributed by atoms with Crippen molar-refractivity contribution in [2.45, 2.75) is 13.0 Å². The van der Waals surface area contributed by atoms with Crippen molar-refractivity contribution in [1.29, 1.82) is 0 Å². The Morgan fingerprint density at radius 3 is 2.84 bits per heavy atom. The third kappa shape index (κ3) is 3.87. The SMILES string of the molecule is C#Cc1cccc(NCc2ccc(CC(=O)O)s2)c1. The van der Waals surface area contributed by atoms with Gasteiger partial charge in [-0.15, -0.1) is 17.8 Å². The molecule has 1 aromatic carbocycles. The molecule has 1 aromatic heterocycles. The summed E-state index contributed by atoms with van der Waals surface area (Å²) in [7, 11) is 0. The van der Waals surface area contributed by atoms with Gasteiger partial charge >= 0.3 is 5.97 Å². The molecule has 0 aliphatic carbocycles. The molecule has 2 aromatic rings. The molecular weight excluding hydrogens is 258 g/mol. The van der Waals surface area contributed by atoms with E-state index in [-0.39, 0.29) is 6.42 Å². The Balaban J connectivity index is 1.96. The summed E-state index contributed by atoms with van der Waals surface area (Å²) in [5.41, 5.74) is 1.80. The van der Waals surface area contributed by atoms with Crippen molar-refractivity contribution in [3.63, 3.8) is 0 Å². The fourth-order valence-corrected chi connectivity index (χ4v) is 2.62. The second kappa shape index (κ2) is 6.07. The van der Waals surface area contributed by atoms with Gasteiger partial charge in [-0.3, -0.25) is 4.79 Å². The first kappa shape index (κ1) is 13.2. The van der Waals surface area contributed by atoms with Gasteiger partial charge in [0.2, 0.25) is 0 Å². The highest BCUT2D eigenvalue weighted by Crippen LogP contribution is 2.19. The first-order valence-electron chi connectivity index (χ1n) is 5.77. The molecule has 0 amide bonds. The van der Waals surface area contributed by atoms with Crippen LogP contribution in [0.2, 0.25) is 0 Å². The van der Waals surface area contributed by atoms with Gasteiger partial charge < -0.3 is 10.4 Å². The zero-order valence-electron chi connectivity index (χ0n) is 10.2. The maximum atomic E-state index is 10.6. The van der Waals surface area contributed by atoms with Gasteiger partial charge in [0.15, 0.2) is 0 Å². The van der Waals surface area contributed by atoms with Crippen molar-refractivity contribution in [1.82, 2.24) is 0 Å². The lowest BCUT2D eigenvalue weighted by Gasteiger charge is -2.04. The normalized spacial score (nSPS) is 9.84. The molecule has 0 aliphatic heterocycles. The molecule has 0 saturated heterocycles. The number of carboxylic acids is 1. The predicted octanol–water partition coefficient (Wildman–Crippen LogP) is 2.97. The van der Waals surface area contributed by atoms with Crippen LogP contribution in [0.25, 0.3) is 0 Å². The second-order valence-electron chi connectivity index (χ2n) is 4.02. The Kier molecular flexibility index (Phi) is 4.22. The van der Waals surface area contributed by atoms with E-state index in [9.17, 15) is 4.79 Å². The van der Waals surface area contributed by atoms with Gasteiger partial charge in [0.1, 0.15) is 0 Å². The predicted molar refractivity (Wildman–Crippen MR) is 77.4 cm³/mol. The molecule has 0 aliphatic rings. The third-order valence-electron chi connectivity index (χ3n) is 2.54. The largest absolute Gasteiger partial charge is 0.481 e. The average molecular weight is 271 g/mol. The first-order chi connectivity index (χ1) is 9.17. The molecule has 0 unspecified atom stereocenters. The zero-order chi connectivity index (χ0) is 13.7. The number of terminal acetylenes is 1. The Bertz CT molecular complexity index is 625. The van der Waals surface area contributed by atoms with Gasteiger partial charge in [-0.05, 0) is 30.3 Å². The summed E-state index contributed by atoms with van der Waals surface area (Å²) < 4.78 is 0. The lowest BCUT2D eigenvalue weighted by molar-refractivity contribution is -0.136. The van der Waals surface area contributed by atoms with Crippen LogP contribution in [-0.2, 0) is 17.8 Å². The van der Waals surface area contributed by atoms with Crippen LogP contribution in [0.4, 0.5) is 5.69 Å². The summed E-state index contributed by atoms with van der Waals surface area (Å²) in [6, 6.07) is 11.4. The highest BCUT2D eigenvalue weighted by molar-refractivity contribution is 7.12. The van der Waals surface area contributed by atoms with Gasteiger partial charge in [0, 0.05) is 27.5 Å². The van der Waals surface area contributed by atoms with Crippen LogP contribution in [0, 0.1) is 12.3 Å². The topological polar surface area (TPSA) is 49.3 Å². The van der Waals surface area contributed by atoms with E-state index < -0.39 is 5.97 Å². The Hall–Kier alpha value is -2.25. The van der Waals surface area contributed by atoms with Crippen molar-refractivity contribution >= 4 is 23.0 Å². The van der Waals surface area contributed by atoms with E-state index in [1.807, 2.05) is 36.4 Å². The van der Waals surface area contributed by atoms with Crippen LogP contribution in [0.3, 0.4) is 0 Å². The molecule has 1 heterocycles. The number of carboxylic acid groups (broad SMARTS) is 1. The summed E-state index contributed by atoms with van der Waals surface area (Å²) >= 11 is 1.51. The van der Waals surface area contributed by atoms with Crippen LogP contribution in [0.1, 0.15) is 15.3 Å². The van der Waals surface area contributed by atoms with E-state index in [0.717, 1.165) is 21.0 Å². The summed E-state index contributed by atoms with van der Waals surface area (Å²) in [4.78, 5) is 12.6. The monoisotopic (exact) mass is 271 g/mol. The Morgan fingerprint density at radius 1 is 1.32 bits per heavy atom. The number of thiophene rings is 1. The molecule has 2 N–H and O–H groups in total. The molecule has 2 rings (SSSR count). The highest BCUT2D eigenvalue weighted by atomic mass is 32.1. The second-order valence-corrected chi connectivity index (χ2v) is 5.27. The molecule has 0 fully saturated rings. The lowest BCUT2D eigenvalue weighted by atomic mass is 10.2. The molecular formula is C15H13NO2S. The maximum Gasteiger partial charge on any atom is 0.308 e. The Labute approximate surface area is 115 Å². The highest BCUT2D eigenvalue weighted by Gasteiger charge is 2.04. The maximum absolute atomic E-state index is 10.6. The van der Waals surface area contributed by atoms with Crippen LogP contribution >= 0.6 is 11.3 Å². The van der Waals surface area contributed by atoms with E-state index in [1.54, 1.807) is 0 Å². The molecule has 0 bridgehead atoms. The molecule has 3 nitrogen and oxygen atoms in total. The van der Waals surface area contributed by atoms with Gasteiger partial charge in [0.05, 0.1) is 6.42 Å². The van der Waals surface area contributed by atoms with Gasteiger partial charge in [-0.1, -0.05) is 12.0 Å². The van der Waals surface area contributed by atoms with Gasteiger partial charge in [-0.2, -0.15) is 0 Å². The summed E-state index contributed by atoms with van der Waals surface area (Å²) in [6.45, 7) is 0.665. The molecule has 96 valence electrons. The van der Waals surface area contributed by atoms with Crippen LogP contribution in [-0.4, -0.2) is 11.1 Å². The number of hydrogen-bond acceptors (Lipinski definition) is 3. The van der Waals surface area contributed by atoms with Crippen molar-refractivity contribution in [2.75, 3.05) is 5.32 Å². The molecule has 4 heteroatoms. The van der Waals surface area contributed by atoms with Gasteiger partial charge in [0.25, 0.3) is 0 Å². The lowest BCUT2D eigenvalue weighted by Crippen LogP contribution is -1.98. The van der Waals surface area contributed by atoms with Crippen molar-refractivity contribution in [3.8, 4) is 12.3 Å². The number of nitrogens with one attached hydrogen (secondary N) is 1. The van der Waals surface area contributed by atoms with Crippen LogP contribution in [0.5, 0.6) is 0 Å². The molecule has 0 spiro atoms. The number of aliphatic carboxylic acids is 1. The minimum atomic E-state index is -0.803. The quantitative estimate of drug-likeness (QED) is 0.822. The fraction of sp³-hybridized carbons (Fsp3) is 0.133. The number of anilines is 1.